The van der Waals surface area contributed by atoms with Crippen LogP contribution in [0.15, 0.2) is 45.3 Å². The van der Waals surface area contributed by atoms with Crippen LogP contribution in [0, 0.1) is 0 Å². The number of rotatable bonds is 3. The van der Waals surface area contributed by atoms with Gasteiger partial charge in [0, 0.05) is 9.80 Å². The Hall–Kier alpha value is -0.530. The van der Waals surface area contributed by atoms with Crippen molar-refractivity contribution in [2.24, 2.45) is 0 Å². The molecular weight excluding hydrogens is 481 g/mol. The summed E-state index contributed by atoms with van der Waals surface area (Å²) in [4.78, 5) is 0. The van der Waals surface area contributed by atoms with Crippen LogP contribution in [0.2, 0.25) is 0 Å². The Bertz CT molecular complexity index is 656. The average molecular weight is 489 g/mol. The van der Waals surface area contributed by atoms with E-state index in [1.54, 1.807) is 18.2 Å². The molecule has 0 aliphatic rings. The first-order valence-corrected chi connectivity index (χ1v) is 8.41. The normalized spacial score (nSPS) is 11.5. The van der Waals surface area contributed by atoms with E-state index in [-0.39, 0.29) is 16.6 Å². The molecule has 0 unspecified atom stereocenters. The van der Waals surface area contributed by atoms with Gasteiger partial charge in [-0.25, -0.2) is 0 Å². The average Bonchev–Trinajstić information content (AvgIpc) is 2.41. The highest BCUT2D eigenvalue weighted by molar-refractivity contribution is 9.11. The summed E-state index contributed by atoms with van der Waals surface area (Å²) in [7, 11) is 0. The van der Waals surface area contributed by atoms with E-state index >= 15 is 0 Å². The predicted octanol–water partition coefficient (Wildman–Crippen LogP) is 6.92. The van der Waals surface area contributed by atoms with Crippen molar-refractivity contribution in [3.8, 4) is 11.5 Å². The molecule has 0 N–H and O–H groups in total. The number of halogens is 6. The third-order valence-electron chi connectivity index (χ3n) is 2.65. The largest absolute Gasteiger partial charge is 0.456 e. The van der Waals surface area contributed by atoms with Crippen LogP contribution in [-0.4, -0.2) is 0 Å². The molecule has 0 saturated carbocycles. The summed E-state index contributed by atoms with van der Waals surface area (Å²) in [5, 5.41) is 0.129. The van der Waals surface area contributed by atoms with Crippen LogP contribution < -0.4 is 4.74 Å². The third kappa shape index (κ3) is 4.23. The predicted molar refractivity (Wildman–Crippen MR) is 86.0 cm³/mol. The van der Waals surface area contributed by atoms with Crippen molar-refractivity contribution in [2.45, 2.75) is 11.5 Å². The maximum absolute atomic E-state index is 13.0. The van der Waals surface area contributed by atoms with Crippen LogP contribution in [0.1, 0.15) is 11.1 Å². The molecule has 0 fully saturated rings. The fourth-order valence-electron chi connectivity index (χ4n) is 1.68. The summed E-state index contributed by atoms with van der Waals surface area (Å²) >= 11 is 9.66. The van der Waals surface area contributed by atoms with Crippen LogP contribution in [0.5, 0.6) is 11.5 Å². The molecule has 1 nitrogen and oxygen atoms in total. The zero-order valence-electron chi connectivity index (χ0n) is 10.3. The van der Waals surface area contributed by atoms with Crippen molar-refractivity contribution >= 4 is 47.8 Å². The van der Waals surface area contributed by atoms with Gasteiger partial charge >= 0.3 is 6.18 Å². The minimum absolute atomic E-state index is 0.129. The van der Waals surface area contributed by atoms with E-state index in [9.17, 15) is 13.2 Å². The van der Waals surface area contributed by atoms with Crippen molar-refractivity contribution in [2.75, 3.05) is 0 Å². The van der Waals surface area contributed by atoms with Crippen molar-refractivity contribution in [3.63, 3.8) is 0 Å². The van der Waals surface area contributed by atoms with Crippen molar-refractivity contribution in [1.82, 2.24) is 0 Å². The first-order valence-electron chi connectivity index (χ1n) is 5.70. The van der Waals surface area contributed by atoms with Crippen LogP contribution >= 0.6 is 47.8 Å². The molecule has 2 aromatic carbocycles. The van der Waals surface area contributed by atoms with Gasteiger partial charge < -0.3 is 4.74 Å². The van der Waals surface area contributed by atoms with E-state index in [4.69, 9.17) is 4.74 Å². The Kier molecular flexibility index (Phi) is 5.38. The standard InChI is InChI=1S/C14H8Br3F3O/c15-7-8-1-3-10(6-11(8)14(18,19)20)21-13-4-2-9(16)5-12(13)17/h1-6H,7H2. The number of hydrogen-bond acceptors (Lipinski definition) is 1. The number of benzene rings is 2. The second kappa shape index (κ2) is 6.71. The fourth-order valence-corrected chi connectivity index (χ4v) is 3.30. The Morgan fingerprint density at radius 3 is 2.29 bits per heavy atom. The molecule has 0 radical (unpaired) electrons. The van der Waals surface area contributed by atoms with Gasteiger partial charge in [0.15, 0.2) is 0 Å². The molecule has 0 atom stereocenters. The van der Waals surface area contributed by atoms with E-state index in [0.29, 0.717) is 10.2 Å². The summed E-state index contributed by atoms with van der Waals surface area (Å²) in [5.41, 5.74) is -0.533. The van der Waals surface area contributed by atoms with Gasteiger partial charge in [-0.05, 0) is 51.8 Å². The minimum atomic E-state index is -4.42. The Balaban J connectivity index is 2.37. The molecule has 21 heavy (non-hydrogen) atoms. The second-order valence-electron chi connectivity index (χ2n) is 4.13. The van der Waals surface area contributed by atoms with Crippen molar-refractivity contribution < 1.29 is 17.9 Å². The van der Waals surface area contributed by atoms with Crippen LogP contribution in [0.25, 0.3) is 0 Å². The molecule has 112 valence electrons. The van der Waals surface area contributed by atoms with Crippen LogP contribution in [-0.2, 0) is 11.5 Å². The molecule has 2 aromatic rings. The lowest BCUT2D eigenvalue weighted by atomic mass is 10.1. The number of hydrogen-bond donors (Lipinski definition) is 0. The summed E-state index contributed by atoms with van der Waals surface area (Å²) in [6.07, 6.45) is -4.42. The van der Waals surface area contributed by atoms with Gasteiger partial charge in [0.1, 0.15) is 11.5 Å². The monoisotopic (exact) mass is 486 g/mol. The molecule has 0 aliphatic carbocycles. The summed E-state index contributed by atoms with van der Waals surface area (Å²) in [5.74, 6) is 0.577. The maximum Gasteiger partial charge on any atom is 0.416 e. The van der Waals surface area contributed by atoms with Gasteiger partial charge in [0.05, 0.1) is 10.0 Å². The SMILES string of the molecule is FC(F)(F)c1cc(Oc2ccc(Br)cc2Br)ccc1CBr. The molecule has 0 spiro atoms. The smallest absolute Gasteiger partial charge is 0.416 e. The first-order chi connectivity index (χ1) is 9.81. The quantitative estimate of drug-likeness (QED) is 0.426. The highest BCUT2D eigenvalue weighted by Gasteiger charge is 2.33. The van der Waals surface area contributed by atoms with Crippen LogP contribution in [0.3, 0.4) is 0 Å². The molecule has 0 aromatic heterocycles. The van der Waals surface area contributed by atoms with Crippen LogP contribution in [0.4, 0.5) is 13.2 Å². The van der Waals surface area contributed by atoms with Gasteiger partial charge in [0.2, 0.25) is 0 Å². The summed E-state index contributed by atoms with van der Waals surface area (Å²) in [6.45, 7) is 0. The lowest BCUT2D eigenvalue weighted by Crippen LogP contribution is -2.08. The molecular formula is C14H8Br3F3O. The minimum Gasteiger partial charge on any atom is -0.456 e. The molecule has 0 bridgehead atoms. The Morgan fingerprint density at radius 1 is 1.00 bits per heavy atom. The topological polar surface area (TPSA) is 9.23 Å². The number of alkyl halides is 4. The number of ether oxygens (including phenoxy) is 1. The first kappa shape index (κ1) is 16.8. The van der Waals surface area contributed by atoms with Crippen molar-refractivity contribution in [3.05, 3.63) is 56.5 Å². The van der Waals surface area contributed by atoms with E-state index in [2.05, 4.69) is 47.8 Å². The zero-order valence-corrected chi connectivity index (χ0v) is 15.1. The molecule has 0 aliphatic heterocycles. The molecule has 7 heteroatoms. The van der Waals surface area contributed by atoms with E-state index in [1.807, 2.05) is 0 Å². The lowest BCUT2D eigenvalue weighted by molar-refractivity contribution is -0.138. The summed E-state index contributed by atoms with van der Waals surface area (Å²) in [6, 6.07) is 9.09. The van der Waals surface area contributed by atoms with Gasteiger partial charge in [0.25, 0.3) is 0 Å². The van der Waals surface area contributed by atoms with E-state index in [1.165, 1.54) is 12.1 Å². The summed E-state index contributed by atoms with van der Waals surface area (Å²) < 4.78 is 46.0. The van der Waals surface area contributed by atoms with Gasteiger partial charge in [-0.3, -0.25) is 0 Å². The molecule has 0 heterocycles. The Morgan fingerprint density at radius 2 is 1.71 bits per heavy atom. The van der Waals surface area contributed by atoms with E-state index < -0.39 is 11.7 Å². The van der Waals surface area contributed by atoms with Crippen molar-refractivity contribution in [1.29, 1.82) is 0 Å². The zero-order chi connectivity index (χ0) is 15.6. The Labute approximate surface area is 144 Å². The maximum atomic E-state index is 13.0. The lowest BCUT2D eigenvalue weighted by Gasteiger charge is -2.14. The van der Waals surface area contributed by atoms with Gasteiger partial charge in [-0.15, -0.1) is 0 Å². The van der Waals surface area contributed by atoms with E-state index in [0.717, 1.165) is 10.5 Å². The fraction of sp³-hybridized carbons (Fsp3) is 0.143. The van der Waals surface area contributed by atoms with Gasteiger partial charge in [-0.1, -0.05) is 37.9 Å². The molecule has 0 amide bonds. The third-order valence-corrected chi connectivity index (χ3v) is 4.37. The second-order valence-corrected chi connectivity index (χ2v) is 6.46. The van der Waals surface area contributed by atoms with Gasteiger partial charge in [-0.2, -0.15) is 13.2 Å². The molecule has 0 saturated heterocycles. The highest BCUT2D eigenvalue weighted by Crippen LogP contribution is 2.38. The molecule has 2 rings (SSSR count). The highest BCUT2D eigenvalue weighted by atomic mass is 79.9.